The third-order valence-corrected chi connectivity index (χ3v) is 4.00. The molecule has 0 unspecified atom stereocenters. The first-order valence-electron chi connectivity index (χ1n) is 7.44. The van der Waals surface area contributed by atoms with Gasteiger partial charge in [0.1, 0.15) is 5.69 Å². The number of fused-ring (bicyclic) bond motifs is 2. The molecule has 2 aliphatic carbocycles. The predicted octanol–water partition coefficient (Wildman–Crippen LogP) is 1.67. The molecule has 2 aliphatic rings. The van der Waals surface area contributed by atoms with Gasteiger partial charge < -0.3 is 10.2 Å². The molecule has 0 aromatic carbocycles. The zero-order valence-electron chi connectivity index (χ0n) is 12.2. The van der Waals surface area contributed by atoms with E-state index in [1.807, 2.05) is 0 Å². The molecule has 0 atom stereocenters. The second-order valence-corrected chi connectivity index (χ2v) is 5.62. The number of allylic oxidation sites excluding steroid dienone is 4. The number of aromatic nitrogens is 4. The molecule has 7 nitrogen and oxygen atoms in total. The van der Waals surface area contributed by atoms with Crippen molar-refractivity contribution in [3.63, 3.8) is 0 Å². The number of aryl methyl sites for hydroxylation is 2. The van der Waals surface area contributed by atoms with E-state index in [-0.39, 0.29) is 11.6 Å². The third-order valence-electron chi connectivity index (χ3n) is 4.00. The Labute approximate surface area is 131 Å². The SMILES string of the molecule is O=C1C=C/C(=C\c2c(O)nc3nc4c(nn23)CCCC4)C=C1O. The third kappa shape index (κ3) is 2.30. The molecule has 2 aromatic rings. The molecular weight excluding hydrogens is 296 g/mol. The average molecular weight is 310 g/mol. The molecule has 0 aliphatic heterocycles. The van der Waals surface area contributed by atoms with Crippen LogP contribution in [0.25, 0.3) is 11.9 Å². The van der Waals surface area contributed by atoms with E-state index in [4.69, 9.17) is 0 Å². The average Bonchev–Trinajstić information content (AvgIpc) is 2.84. The van der Waals surface area contributed by atoms with Gasteiger partial charge in [0.25, 0.3) is 5.78 Å². The number of rotatable bonds is 1. The van der Waals surface area contributed by atoms with Gasteiger partial charge in [-0.3, -0.25) is 4.79 Å². The molecular formula is C16H14N4O3. The molecule has 7 heteroatoms. The maximum Gasteiger partial charge on any atom is 0.254 e. The summed E-state index contributed by atoms with van der Waals surface area (Å²) in [5.41, 5.74) is 2.81. The van der Waals surface area contributed by atoms with Crippen molar-refractivity contribution >= 4 is 17.6 Å². The van der Waals surface area contributed by atoms with Crippen LogP contribution in [0, 0.1) is 0 Å². The minimum Gasteiger partial charge on any atom is -0.504 e. The van der Waals surface area contributed by atoms with Gasteiger partial charge in [-0.1, -0.05) is 6.08 Å². The Kier molecular flexibility index (Phi) is 3.00. The monoisotopic (exact) mass is 310 g/mol. The number of nitrogens with zero attached hydrogens (tertiary/aromatic N) is 4. The highest BCUT2D eigenvalue weighted by atomic mass is 16.3. The first-order chi connectivity index (χ1) is 11.1. The van der Waals surface area contributed by atoms with Crippen molar-refractivity contribution in [3.8, 4) is 5.88 Å². The van der Waals surface area contributed by atoms with Gasteiger partial charge in [-0.15, -0.1) is 0 Å². The molecule has 4 rings (SSSR count). The van der Waals surface area contributed by atoms with Crippen LogP contribution in [-0.2, 0) is 17.6 Å². The zero-order valence-corrected chi connectivity index (χ0v) is 12.2. The van der Waals surface area contributed by atoms with E-state index in [0.29, 0.717) is 17.0 Å². The van der Waals surface area contributed by atoms with Crippen LogP contribution in [0.2, 0.25) is 0 Å². The fourth-order valence-electron chi connectivity index (χ4n) is 2.82. The molecule has 2 N–H and O–H groups in total. The van der Waals surface area contributed by atoms with Gasteiger partial charge in [0, 0.05) is 0 Å². The van der Waals surface area contributed by atoms with E-state index in [2.05, 4.69) is 15.1 Å². The van der Waals surface area contributed by atoms with Crippen molar-refractivity contribution in [1.82, 2.24) is 19.6 Å². The molecule has 0 saturated carbocycles. The second kappa shape index (κ2) is 5.05. The van der Waals surface area contributed by atoms with Crippen molar-refractivity contribution in [3.05, 3.63) is 46.6 Å². The van der Waals surface area contributed by atoms with E-state index < -0.39 is 5.78 Å². The van der Waals surface area contributed by atoms with Crippen LogP contribution in [0.1, 0.15) is 29.9 Å². The molecule has 0 fully saturated rings. The van der Waals surface area contributed by atoms with E-state index in [1.165, 1.54) is 16.7 Å². The zero-order chi connectivity index (χ0) is 16.0. The number of carbonyl (C=O) groups is 1. The summed E-state index contributed by atoms with van der Waals surface area (Å²) in [7, 11) is 0. The molecule has 2 aromatic heterocycles. The Morgan fingerprint density at radius 3 is 2.65 bits per heavy atom. The highest BCUT2D eigenvalue weighted by Gasteiger charge is 2.19. The summed E-state index contributed by atoms with van der Waals surface area (Å²) in [5.74, 6) is -0.619. The lowest BCUT2D eigenvalue weighted by Gasteiger charge is -2.13. The summed E-state index contributed by atoms with van der Waals surface area (Å²) in [6.07, 6.45) is 9.69. The summed E-state index contributed by atoms with van der Waals surface area (Å²) in [4.78, 5) is 19.8. The number of aromatic hydroxyl groups is 1. The number of hydrogen-bond acceptors (Lipinski definition) is 6. The summed E-state index contributed by atoms with van der Waals surface area (Å²) < 4.78 is 1.50. The van der Waals surface area contributed by atoms with Crippen molar-refractivity contribution in [1.29, 1.82) is 0 Å². The van der Waals surface area contributed by atoms with Gasteiger partial charge in [-0.25, -0.2) is 4.98 Å². The Hall–Kier alpha value is -2.96. The fourth-order valence-corrected chi connectivity index (χ4v) is 2.82. The van der Waals surface area contributed by atoms with Gasteiger partial charge in [0.05, 0.1) is 11.4 Å². The first kappa shape index (κ1) is 13.7. The summed E-state index contributed by atoms with van der Waals surface area (Å²) >= 11 is 0. The van der Waals surface area contributed by atoms with Crippen LogP contribution >= 0.6 is 0 Å². The van der Waals surface area contributed by atoms with Crippen LogP contribution in [0.4, 0.5) is 0 Å². The lowest BCUT2D eigenvalue weighted by Crippen LogP contribution is -2.12. The highest BCUT2D eigenvalue weighted by Crippen LogP contribution is 2.24. The number of imidazole rings is 1. The van der Waals surface area contributed by atoms with Crippen molar-refractivity contribution < 1.29 is 15.0 Å². The predicted molar refractivity (Wildman–Crippen MR) is 81.9 cm³/mol. The molecule has 0 radical (unpaired) electrons. The standard InChI is InChI=1S/C16H14N4O3/c21-13-6-5-9(8-14(13)22)7-12-15(23)18-16-17-10-3-1-2-4-11(10)19-20(12)16/h5-8,22-23H,1-4H2/b9-7+. The number of carbonyl (C=O) groups excluding carboxylic acids is 1. The van der Waals surface area contributed by atoms with E-state index in [0.717, 1.165) is 37.1 Å². The summed E-state index contributed by atoms with van der Waals surface area (Å²) in [6, 6.07) is 0. The smallest absolute Gasteiger partial charge is 0.254 e. The number of aliphatic hydroxyl groups is 1. The Morgan fingerprint density at radius 1 is 1.09 bits per heavy atom. The van der Waals surface area contributed by atoms with Gasteiger partial charge in [-0.2, -0.15) is 14.6 Å². The van der Waals surface area contributed by atoms with Crippen molar-refractivity contribution in [2.45, 2.75) is 25.7 Å². The molecule has 116 valence electrons. The highest BCUT2D eigenvalue weighted by molar-refractivity contribution is 6.04. The second-order valence-electron chi connectivity index (χ2n) is 5.62. The van der Waals surface area contributed by atoms with Crippen molar-refractivity contribution in [2.75, 3.05) is 0 Å². The summed E-state index contributed by atoms with van der Waals surface area (Å²) in [6.45, 7) is 0. The van der Waals surface area contributed by atoms with Crippen LogP contribution in [-0.4, -0.2) is 35.6 Å². The molecule has 23 heavy (non-hydrogen) atoms. The van der Waals surface area contributed by atoms with Crippen LogP contribution in [0.3, 0.4) is 0 Å². The van der Waals surface area contributed by atoms with E-state index in [1.54, 1.807) is 12.2 Å². The topological polar surface area (TPSA) is 101 Å². The van der Waals surface area contributed by atoms with Gasteiger partial charge >= 0.3 is 0 Å². The fraction of sp³-hybridized carbons (Fsp3) is 0.250. The van der Waals surface area contributed by atoms with Crippen LogP contribution in [0.5, 0.6) is 5.88 Å². The molecule has 0 amide bonds. The Balaban J connectivity index is 1.85. The molecule has 0 saturated heterocycles. The molecule has 0 bridgehead atoms. The van der Waals surface area contributed by atoms with Gasteiger partial charge in [0.2, 0.25) is 11.7 Å². The van der Waals surface area contributed by atoms with E-state index >= 15 is 0 Å². The van der Waals surface area contributed by atoms with E-state index in [9.17, 15) is 15.0 Å². The van der Waals surface area contributed by atoms with Crippen LogP contribution in [0.15, 0.2) is 29.6 Å². The van der Waals surface area contributed by atoms with Gasteiger partial charge in [0.15, 0.2) is 5.76 Å². The number of ketones is 1. The lowest BCUT2D eigenvalue weighted by atomic mass is 10.0. The normalized spacial score (nSPS) is 19.2. The minimum absolute atomic E-state index is 0.182. The van der Waals surface area contributed by atoms with Crippen molar-refractivity contribution in [2.24, 2.45) is 0 Å². The lowest BCUT2D eigenvalue weighted by molar-refractivity contribution is -0.113. The summed E-state index contributed by atoms with van der Waals surface area (Å²) in [5, 5.41) is 24.2. The Morgan fingerprint density at radius 2 is 1.87 bits per heavy atom. The number of hydrogen-bond donors (Lipinski definition) is 2. The molecule has 0 spiro atoms. The largest absolute Gasteiger partial charge is 0.504 e. The van der Waals surface area contributed by atoms with Crippen LogP contribution < -0.4 is 0 Å². The van der Waals surface area contributed by atoms with Gasteiger partial charge in [-0.05, 0) is 49.5 Å². The quantitative estimate of drug-likeness (QED) is 0.831. The maximum absolute atomic E-state index is 11.3. The minimum atomic E-state index is -0.446. The molecule has 2 heterocycles. The Bertz CT molecular complexity index is 921. The maximum atomic E-state index is 11.3. The first-order valence-corrected chi connectivity index (χ1v) is 7.44. The number of aliphatic hydroxyl groups excluding tert-OH is 1.